The summed E-state index contributed by atoms with van der Waals surface area (Å²) in [6.45, 7) is 2.92. The topological polar surface area (TPSA) is 72.9 Å². The molecule has 2 aromatic rings. The summed E-state index contributed by atoms with van der Waals surface area (Å²) in [5.74, 6) is 2.27. The van der Waals surface area contributed by atoms with Crippen LogP contribution < -0.4 is 11.1 Å². The fourth-order valence-electron chi connectivity index (χ4n) is 5.06. The van der Waals surface area contributed by atoms with E-state index in [0.717, 1.165) is 24.1 Å². The number of rotatable bonds is 7. The lowest BCUT2D eigenvalue weighted by molar-refractivity contribution is -0.123. The lowest BCUT2D eigenvalue weighted by Gasteiger charge is -2.29. The molecule has 5 atom stereocenters. The Kier molecular flexibility index (Phi) is 5.30. The van der Waals surface area contributed by atoms with E-state index in [1.807, 2.05) is 35.3 Å². The first kappa shape index (κ1) is 18.2. The molecule has 2 fully saturated rings. The van der Waals surface area contributed by atoms with Crippen molar-refractivity contribution >= 4 is 5.91 Å². The second kappa shape index (κ2) is 7.85. The van der Waals surface area contributed by atoms with Crippen molar-refractivity contribution in [1.82, 2.24) is 14.9 Å². The number of nitrogens with zero attached hydrogens (tertiary/aromatic N) is 2. The number of imidazole rings is 1. The predicted octanol–water partition coefficient (Wildman–Crippen LogP) is 2.74. The van der Waals surface area contributed by atoms with Gasteiger partial charge >= 0.3 is 0 Å². The SMILES string of the molecule is CC(NC(=O)[C@@H](N)Cc1cn(Cc2ccccc2)cn1)C1CC2CCC1C2. The van der Waals surface area contributed by atoms with Gasteiger partial charge in [0.1, 0.15) is 0 Å². The number of carbonyl (C=O) groups excluding carboxylic acids is 1. The van der Waals surface area contributed by atoms with Gasteiger partial charge in [0.2, 0.25) is 5.91 Å². The molecular formula is C22H30N4O. The first-order valence-electron chi connectivity index (χ1n) is 10.2. The molecule has 1 heterocycles. The van der Waals surface area contributed by atoms with Crippen LogP contribution in [0.4, 0.5) is 0 Å². The monoisotopic (exact) mass is 366 g/mol. The van der Waals surface area contributed by atoms with Gasteiger partial charge in [-0.2, -0.15) is 0 Å². The summed E-state index contributed by atoms with van der Waals surface area (Å²) in [4.78, 5) is 17.0. The highest BCUT2D eigenvalue weighted by Crippen LogP contribution is 2.49. The number of aromatic nitrogens is 2. The molecule has 4 rings (SSSR count). The van der Waals surface area contributed by atoms with Crippen LogP contribution in [-0.4, -0.2) is 27.5 Å². The zero-order chi connectivity index (χ0) is 18.8. The molecule has 0 radical (unpaired) electrons. The van der Waals surface area contributed by atoms with E-state index in [0.29, 0.717) is 12.3 Å². The van der Waals surface area contributed by atoms with E-state index in [4.69, 9.17) is 5.73 Å². The maximum atomic E-state index is 12.5. The van der Waals surface area contributed by atoms with Gasteiger partial charge in [0, 0.05) is 25.2 Å². The standard InChI is InChI=1S/C22H30N4O/c1-15(20-10-17-7-8-18(20)9-17)25-22(27)21(23)11-19-13-26(14-24-19)12-16-5-3-2-4-6-16/h2-6,13-15,17-18,20-21H,7-12,23H2,1H3,(H,25,27)/t15?,17?,18?,20?,21-/m0/s1. The minimum Gasteiger partial charge on any atom is -0.352 e. The van der Waals surface area contributed by atoms with Crippen LogP contribution in [0.5, 0.6) is 0 Å². The molecule has 0 spiro atoms. The van der Waals surface area contributed by atoms with E-state index in [1.165, 1.54) is 31.2 Å². The molecular weight excluding hydrogens is 336 g/mol. The van der Waals surface area contributed by atoms with Gasteiger partial charge in [-0.1, -0.05) is 36.8 Å². The Morgan fingerprint density at radius 2 is 2.11 bits per heavy atom. The van der Waals surface area contributed by atoms with E-state index in [-0.39, 0.29) is 11.9 Å². The summed E-state index contributed by atoms with van der Waals surface area (Å²) in [6, 6.07) is 9.93. The maximum absolute atomic E-state index is 12.5. The van der Waals surface area contributed by atoms with Gasteiger partial charge in [-0.15, -0.1) is 0 Å². The molecule has 3 N–H and O–H groups in total. The number of fused-ring (bicyclic) bond motifs is 2. The highest BCUT2D eigenvalue weighted by molar-refractivity contribution is 5.82. The van der Waals surface area contributed by atoms with Crippen molar-refractivity contribution < 1.29 is 4.79 Å². The summed E-state index contributed by atoms with van der Waals surface area (Å²) in [6.07, 6.45) is 9.61. The molecule has 2 bridgehead atoms. The highest BCUT2D eigenvalue weighted by atomic mass is 16.2. The second-order valence-corrected chi connectivity index (χ2v) is 8.47. The van der Waals surface area contributed by atoms with Gasteiger partial charge in [0.15, 0.2) is 0 Å². The van der Waals surface area contributed by atoms with Crippen LogP contribution >= 0.6 is 0 Å². The Morgan fingerprint density at radius 1 is 1.30 bits per heavy atom. The van der Waals surface area contributed by atoms with Crippen molar-refractivity contribution in [2.75, 3.05) is 0 Å². The molecule has 27 heavy (non-hydrogen) atoms. The van der Waals surface area contributed by atoms with Crippen molar-refractivity contribution in [3.8, 4) is 0 Å². The molecule has 2 saturated carbocycles. The van der Waals surface area contributed by atoms with Gasteiger partial charge in [0.25, 0.3) is 0 Å². The van der Waals surface area contributed by atoms with Gasteiger partial charge in [-0.3, -0.25) is 4.79 Å². The number of hydrogen-bond acceptors (Lipinski definition) is 3. The summed E-state index contributed by atoms with van der Waals surface area (Å²) in [5, 5.41) is 3.17. The molecule has 2 aliphatic carbocycles. The lowest BCUT2D eigenvalue weighted by Crippen LogP contribution is -2.48. The Hall–Kier alpha value is -2.14. The third kappa shape index (κ3) is 4.24. The van der Waals surface area contributed by atoms with Gasteiger partial charge in [-0.05, 0) is 49.5 Å². The minimum atomic E-state index is -0.550. The number of benzene rings is 1. The van der Waals surface area contributed by atoms with Crippen molar-refractivity contribution in [3.05, 3.63) is 54.1 Å². The largest absolute Gasteiger partial charge is 0.352 e. The molecule has 144 valence electrons. The fourth-order valence-corrected chi connectivity index (χ4v) is 5.06. The average molecular weight is 367 g/mol. The van der Waals surface area contributed by atoms with Crippen LogP contribution in [0.2, 0.25) is 0 Å². The van der Waals surface area contributed by atoms with Crippen LogP contribution in [0.1, 0.15) is 43.9 Å². The number of amides is 1. The molecule has 2 aliphatic rings. The van der Waals surface area contributed by atoms with Crippen LogP contribution in [0.25, 0.3) is 0 Å². The predicted molar refractivity (Wildman–Crippen MR) is 106 cm³/mol. The zero-order valence-electron chi connectivity index (χ0n) is 16.1. The minimum absolute atomic E-state index is 0.0529. The Labute approximate surface area is 161 Å². The zero-order valence-corrected chi connectivity index (χ0v) is 16.1. The molecule has 1 amide bonds. The second-order valence-electron chi connectivity index (χ2n) is 8.47. The smallest absolute Gasteiger partial charge is 0.237 e. The van der Waals surface area contributed by atoms with Crippen LogP contribution in [0, 0.1) is 17.8 Å². The summed E-state index contributed by atoms with van der Waals surface area (Å²) in [5.41, 5.74) is 8.26. The van der Waals surface area contributed by atoms with Crippen LogP contribution in [0.3, 0.4) is 0 Å². The van der Waals surface area contributed by atoms with Gasteiger partial charge < -0.3 is 15.6 Å². The Balaban J connectivity index is 1.28. The number of nitrogens with one attached hydrogen (secondary N) is 1. The molecule has 1 aromatic carbocycles. The Morgan fingerprint density at radius 3 is 2.81 bits per heavy atom. The van der Waals surface area contributed by atoms with Crippen molar-refractivity contribution in [2.45, 2.75) is 57.7 Å². The third-order valence-electron chi connectivity index (χ3n) is 6.47. The first-order chi connectivity index (χ1) is 13.1. The first-order valence-corrected chi connectivity index (χ1v) is 10.2. The van der Waals surface area contributed by atoms with Crippen molar-refractivity contribution in [1.29, 1.82) is 0 Å². The van der Waals surface area contributed by atoms with Crippen LogP contribution in [0.15, 0.2) is 42.9 Å². The van der Waals surface area contributed by atoms with E-state index >= 15 is 0 Å². The average Bonchev–Trinajstić information content (AvgIpc) is 3.40. The molecule has 4 unspecified atom stereocenters. The van der Waals surface area contributed by atoms with E-state index in [9.17, 15) is 4.79 Å². The maximum Gasteiger partial charge on any atom is 0.237 e. The Bertz CT molecular complexity index is 772. The number of hydrogen-bond donors (Lipinski definition) is 2. The third-order valence-corrected chi connectivity index (χ3v) is 6.47. The van der Waals surface area contributed by atoms with Gasteiger partial charge in [0.05, 0.1) is 18.1 Å². The molecule has 0 aliphatic heterocycles. The molecule has 0 saturated heterocycles. The summed E-state index contributed by atoms with van der Waals surface area (Å²) in [7, 11) is 0. The fraction of sp³-hybridized carbons (Fsp3) is 0.545. The molecule has 5 nitrogen and oxygen atoms in total. The molecule has 1 aromatic heterocycles. The highest BCUT2D eigenvalue weighted by Gasteiger charge is 2.42. The van der Waals surface area contributed by atoms with Crippen LogP contribution in [-0.2, 0) is 17.8 Å². The quantitative estimate of drug-likeness (QED) is 0.791. The van der Waals surface area contributed by atoms with E-state index in [2.05, 4.69) is 29.4 Å². The molecule has 5 heteroatoms. The van der Waals surface area contributed by atoms with Crippen molar-refractivity contribution in [3.63, 3.8) is 0 Å². The van der Waals surface area contributed by atoms with E-state index in [1.54, 1.807) is 0 Å². The lowest BCUT2D eigenvalue weighted by atomic mass is 9.84. The number of nitrogens with two attached hydrogens (primary N) is 1. The number of carbonyl (C=O) groups is 1. The summed E-state index contributed by atoms with van der Waals surface area (Å²) < 4.78 is 2.03. The van der Waals surface area contributed by atoms with Crippen molar-refractivity contribution in [2.24, 2.45) is 23.5 Å². The summed E-state index contributed by atoms with van der Waals surface area (Å²) >= 11 is 0. The van der Waals surface area contributed by atoms with E-state index < -0.39 is 6.04 Å². The van der Waals surface area contributed by atoms with Gasteiger partial charge in [-0.25, -0.2) is 4.98 Å². The normalized spacial score (nSPS) is 26.1.